The summed E-state index contributed by atoms with van der Waals surface area (Å²) < 4.78 is 0. The van der Waals surface area contributed by atoms with Crippen molar-refractivity contribution in [3.8, 4) is 17.0 Å². The lowest BCUT2D eigenvalue weighted by atomic mass is 9.56. The monoisotopic (exact) mass is 602 g/mol. The number of aliphatic hydroxyl groups is 3. The highest BCUT2D eigenvalue weighted by atomic mass is 32.1. The first kappa shape index (κ1) is 28.6. The smallest absolute Gasteiger partial charge is 0.255 e. The number of primary amides is 1. The fraction of sp³-hybridized carbons (Fsp3) is 0.290. The van der Waals surface area contributed by atoms with Gasteiger partial charge in [0.1, 0.15) is 22.8 Å². The van der Waals surface area contributed by atoms with Crippen LogP contribution in [0.5, 0.6) is 5.75 Å². The van der Waals surface area contributed by atoms with Crippen LogP contribution in [0.25, 0.3) is 17.0 Å². The van der Waals surface area contributed by atoms with Crippen LogP contribution >= 0.6 is 11.3 Å². The SMILES string of the molecule is C[C@H]1c2ccc(Nc3nc(-c4ccccc4)cs3)c(O)c2C(O)=C2C(=O)C3C(=O)C(C(N)=O)=C(O)[C@@H](N(C)C)C3[C@@H](O)C21. The summed E-state index contributed by atoms with van der Waals surface area (Å²) in [4.78, 5) is 45.8. The van der Waals surface area contributed by atoms with Crippen molar-refractivity contribution in [1.82, 2.24) is 9.88 Å². The number of aliphatic hydroxyl groups excluding tert-OH is 3. The van der Waals surface area contributed by atoms with Gasteiger partial charge in [-0.3, -0.25) is 19.3 Å². The maximum Gasteiger partial charge on any atom is 0.255 e. The number of anilines is 2. The molecule has 11 nitrogen and oxygen atoms in total. The van der Waals surface area contributed by atoms with E-state index >= 15 is 0 Å². The van der Waals surface area contributed by atoms with Gasteiger partial charge < -0.3 is 31.5 Å². The van der Waals surface area contributed by atoms with Crippen LogP contribution in [-0.4, -0.2) is 74.0 Å². The Morgan fingerprint density at radius 2 is 1.74 bits per heavy atom. The van der Waals surface area contributed by atoms with Gasteiger partial charge in [0.05, 0.1) is 35.0 Å². The van der Waals surface area contributed by atoms with E-state index in [4.69, 9.17) is 5.73 Å². The third-order valence-electron chi connectivity index (χ3n) is 8.81. The Kier molecular flexibility index (Phi) is 6.87. The predicted octanol–water partition coefficient (Wildman–Crippen LogP) is 3.25. The van der Waals surface area contributed by atoms with Crippen LogP contribution < -0.4 is 11.1 Å². The van der Waals surface area contributed by atoms with E-state index in [0.717, 1.165) is 11.3 Å². The van der Waals surface area contributed by atoms with Crippen molar-refractivity contribution in [2.24, 2.45) is 23.5 Å². The Hall–Kier alpha value is -4.52. The molecule has 3 aromatic rings. The van der Waals surface area contributed by atoms with Crippen LogP contribution in [0.15, 0.2) is 64.8 Å². The highest BCUT2D eigenvalue weighted by molar-refractivity contribution is 7.14. The van der Waals surface area contributed by atoms with E-state index in [-0.39, 0.29) is 22.6 Å². The lowest BCUT2D eigenvalue weighted by Gasteiger charge is -2.50. The Labute approximate surface area is 250 Å². The number of thiazole rings is 1. The van der Waals surface area contributed by atoms with E-state index in [9.17, 15) is 34.8 Å². The number of Topliss-reactive ketones (excluding diaryl/α,β-unsaturated/α-hetero) is 2. The second-order valence-electron chi connectivity index (χ2n) is 11.3. The quantitative estimate of drug-likeness (QED) is 0.144. The number of nitrogens with two attached hydrogens (primary N) is 1. The van der Waals surface area contributed by atoms with Crippen molar-refractivity contribution in [1.29, 1.82) is 0 Å². The molecular formula is C31H30N4O7S. The number of benzene rings is 2. The first-order chi connectivity index (χ1) is 20.4. The number of hydrogen-bond acceptors (Lipinski definition) is 11. The van der Waals surface area contributed by atoms with Gasteiger partial charge in [0, 0.05) is 28.4 Å². The van der Waals surface area contributed by atoms with Crippen LogP contribution in [0, 0.1) is 17.8 Å². The molecule has 1 saturated carbocycles. The number of phenols is 1. The zero-order valence-corrected chi connectivity index (χ0v) is 24.3. The zero-order valence-electron chi connectivity index (χ0n) is 23.5. The van der Waals surface area contributed by atoms with Crippen molar-refractivity contribution >= 4 is 45.4 Å². The summed E-state index contributed by atoms with van der Waals surface area (Å²) in [7, 11) is 3.17. The fourth-order valence-corrected chi connectivity index (χ4v) is 7.63. The summed E-state index contributed by atoms with van der Waals surface area (Å²) in [5.41, 5.74) is 6.90. The number of amides is 1. The minimum Gasteiger partial charge on any atom is -0.510 e. The van der Waals surface area contributed by atoms with E-state index in [1.165, 1.54) is 16.2 Å². The van der Waals surface area contributed by atoms with Gasteiger partial charge in [-0.15, -0.1) is 11.3 Å². The lowest BCUT2D eigenvalue weighted by Crippen LogP contribution is -2.61. The molecule has 1 heterocycles. The molecule has 6 rings (SSSR count). The number of hydrogen-bond donors (Lipinski definition) is 6. The third-order valence-corrected chi connectivity index (χ3v) is 9.57. The number of nitrogens with zero attached hydrogens (tertiary/aromatic N) is 2. The molecule has 0 aliphatic heterocycles. The van der Waals surface area contributed by atoms with Gasteiger partial charge in [-0.25, -0.2) is 4.98 Å². The molecule has 0 bridgehead atoms. The van der Waals surface area contributed by atoms with Gasteiger partial charge in [-0.05, 0) is 31.6 Å². The van der Waals surface area contributed by atoms with Crippen LogP contribution in [0.2, 0.25) is 0 Å². The van der Waals surface area contributed by atoms with Crippen LogP contribution in [-0.2, 0) is 14.4 Å². The minimum atomic E-state index is -1.57. The molecule has 1 amide bonds. The molecule has 0 radical (unpaired) electrons. The largest absolute Gasteiger partial charge is 0.510 e. The normalized spacial score (nSPS) is 26.7. The lowest BCUT2D eigenvalue weighted by molar-refractivity contribution is -0.143. The van der Waals surface area contributed by atoms with Gasteiger partial charge in [0.15, 0.2) is 16.7 Å². The van der Waals surface area contributed by atoms with E-state index in [1.807, 2.05) is 35.7 Å². The molecule has 3 aliphatic rings. The molecule has 0 saturated heterocycles. The average Bonchev–Trinajstić information content (AvgIpc) is 3.43. The van der Waals surface area contributed by atoms with Crippen molar-refractivity contribution in [2.75, 3.05) is 19.4 Å². The maximum atomic E-state index is 14.1. The second kappa shape index (κ2) is 10.3. The molecule has 3 unspecified atom stereocenters. The Balaban J connectivity index is 1.43. The number of nitrogens with one attached hydrogen (secondary N) is 1. The molecule has 0 spiro atoms. The summed E-state index contributed by atoms with van der Waals surface area (Å²) in [6.07, 6.45) is -1.37. The molecular weight excluding hydrogens is 572 g/mol. The zero-order chi connectivity index (χ0) is 30.9. The molecule has 43 heavy (non-hydrogen) atoms. The average molecular weight is 603 g/mol. The van der Waals surface area contributed by atoms with Crippen LogP contribution in [0.3, 0.4) is 0 Å². The van der Waals surface area contributed by atoms with Gasteiger partial charge >= 0.3 is 0 Å². The molecule has 6 atom stereocenters. The number of aromatic hydroxyl groups is 1. The van der Waals surface area contributed by atoms with E-state index in [1.54, 1.807) is 33.2 Å². The molecule has 2 aromatic carbocycles. The highest BCUT2D eigenvalue weighted by Gasteiger charge is 2.60. The molecule has 12 heteroatoms. The van der Waals surface area contributed by atoms with Crippen LogP contribution in [0.4, 0.5) is 10.8 Å². The maximum absolute atomic E-state index is 14.1. The number of fused-ring (bicyclic) bond motifs is 3. The van der Waals surface area contributed by atoms with E-state index in [0.29, 0.717) is 10.7 Å². The first-order valence-electron chi connectivity index (χ1n) is 13.7. The summed E-state index contributed by atoms with van der Waals surface area (Å²) in [5, 5.41) is 51.0. The van der Waals surface area contributed by atoms with Gasteiger partial charge in [-0.1, -0.05) is 43.3 Å². The van der Waals surface area contributed by atoms with Crippen LogP contribution in [0.1, 0.15) is 24.0 Å². The van der Waals surface area contributed by atoms with Crippen molar-refractivity contribution in [3.63, 3.8) is 0 Å². The summed E-state index contributed by atoms with van der Waals surface area (Å²) >= 11 is 1.32. The number of carbonyl (C=O) groups is 3. The summed E-state index contributed by atoms with van der Waals surface area (Å²) in [6.45, 7) is 1.76. The third kappa shape index (κ3) is 4.24. The number of phenolic OH excluding ortho intramolecular Hbond substituents is 1. The first-order valence-corrected chi connectivity index (χ1v) is 14.5. The summed E-state index contributed by atoms with van der Waals surface area (Å²) in [5.74, 6) is -8.68. The molecule has 222 valence electrons. The van der Waals surface area contributed by atoms with Crippen molar-refractivity contribution < 1.29 is 34.8 Å². The fourth-order valence-electron chi connectivity index (χ4n) is 6.90. The van der Waals surface area contributed by atoms with Gasteiger partial charge in [0.25, 0.3) is 5.91 Å². The highest BCUT2D eigenvalue weighted by Crippen LogP contribution is 2.55. The predicted molar refractivity (Wildman–Crippen MR) is 160 cm³/mol. The molecule has 7 N–H and O–H groups in total. The number of rotatable bonds is 5. The van der Waals surface area contributed by atoms with E-state index in [2.05, 4.69) is 10.3 Å². The van der Waals surface area contributed by atoms with Gasteiger partial charge in [0.2, 0.25) is 0 Å². The van der Waals surface area contributed by atoms with E-state index < -0.39 is 70.4 Å². The number of aromatic nitrogens is 1. The van der Waals surface area contributed by atoms with Gasteiger partial charge in [-0.2, -0.15) is 0 Å². The number of ketones is 2. The standard InChI is InChI=1S/C31H30N4O7S/c1-12-14-9-10-15(33-31-34-16(11-43-31)13-7-5-4-6-8-13)24(36)18(14)26(38)20-17(12)25(37)19-21(27(20)39)28(40)22(30(32)42)29(41)23(19)35(2)3/h4-12,17,19,21,23,25,36-38,41H,1-3H3,(H2,32,42)(H,33,34)/t12-,17?,19?,21?,23-,25-/m0/s1. The number of carbonyl (C=O) groups excluding carboxylic acids is 3. The molecule has 1 aromatic heterocycles. The summed E-state index contributed by atoms with van der Waals surface area (Å²) in [6, 6.07) is 11.9. The minimum absolute atomic E-state index is 0.00326. The van der Waals surface area contributed by atoms with Crippen molar-refractivity contribution in [2.45, 2.75) is 25.0 Å². The molecule has 1 fully saturated rings. The second-order valence-corrected chi connectivity index (χ2v) is 12.2. The number of likely N-dealkylation sites (N-methyl/N-ethyl adjacent to an activating group) is 1. The Morgan fingerprint density at radius 1 is 1.05 bits per heavy atom. The topological polar surface area (TPSA) is 186 Å². The Bertz CT molecular complexity index is 1750. The van der Waals surface area contributed by atoms with Crippen molar-refractivity contribution in [3.05, 3.63) is 75.9 Å². The Morgan fingerprint density at radius 3 is 2.40 bits per heavy atom. The molecule has 3 aliphatic carbocycles.